The van der Waals surface area contributed by atoms with Gasteiger partial charge in [-0.1, -0.05) is 29.3 Å². The molecule has 0 spiro atoms. The van der Waals surface area contributed by atoms with Crippen molar-refractivity contribution in [1.29, 1.82) is 0 Å². The van der Waals surface area contributed by atoms with Gasteiger partial charge in [0, 0.05) is 41.5 Å². The molecule has 6 nitrogen and oxygen atoms in total. The average Bonchev–Trinajstić information content (AvgIpc) is 2.75. The van der Waals surface area contributed by atoms with Crippen LogP contribution in [0.2, 0.25) is 10.0 Å². The highest BCUT2D eigenvalue weighted by Gasteiger charge is 2.69. The second-order valence-electron chi connectivity index (χ2n) is 8.40. The number of rotatable bonds is 7. The van der Waals surface area contributed by atoms with Crippen molar-refractivity contribution in [3.05, 3.63) is 58.3 Å². The Morgan fingerprint density at radius 2 is 1.97 bits per heavy atom. The fourth-order valence-electron chi connectivity index (χ4n) is 5.37. The van der Waals surface area contributed by atoms with Crippen molar-refractivity contribution in [3.63, 3.8) is 0 Å². The van der Waals surface area contributed by atoms with Gasteiger partial charge in [-0.15, -0.1) is 0 Å². The number of amides is 1. The first-order chi connectivity index (χ1) is 15.6. The molecule has 33 heavy (non-hydrogen) atoms. The lowest BCUT2D eigenvalue weighted by Gasteiger charge is -2.69. The zero-order valence-corrected chi connectivity index (χ0v) is 20.1. The Morgan fingerprint density at radius 3 is 2.55 bits per heavy atom. The monoisotopic (exact) mass is 517 g/mol. The number of aromatic nitrogens is 1. The molecule has 2 heterocycles. The third-order valence-electron chi connectivity index (χ3n) is 6.50. The number of carbonyl (C=O) groups is 1. The Morgan fingerprint density at radius 1 is 1.27 bits per heavy atom. The maximum absolute atomic E-state index is 13.8. The van der Waals surface area contributed by atoms with Crippen molar-refractivity contribution in [2.75, 3.05) is 0 Å². The fourth-order valence-corrected chi connectivity index (χ4v) is 8.15. The van der Waals surface area contributed by atoms with E-state index in [1.54, 1.807) is 24.4 Å². The first-order valence-corrected chi connectivity index (χ1v) is 12.7. The van der Waals surface area contributed by atoms with Crippen LogP contribution in [0.3, 0.4) is 0 Å². The summed E-state index contributed by atoms with van der Waals surface area (Å²) in [5.74, 6) is -1.12. The standard InChI is InChI=1S/C22H23Cl2F2N3O3S/c1-14(30)28(13-17-5-2-3-8-27-17)22-7-4-6-20(19(22)12-21(25)26)29(22)33(31,32)18-10-15(23)9-16(24)11-18/h2-3,5,8-11,19-21H,4,6-7,12-13H2,1H3/t19-,20?,22?/m1/s1. The van der Waals surface area contributed by atoms with Crippen LogP contribution in [-0.2, 0) is 21.4 Å². The zero-order chi connectivity index (χ0) is 24.0. The number of pyridine rings is 1. The van der Waals surface area contributed by atoms with Crippen LogP contribution in [0.15, 0.2) is 47.5 Å². The van der Waals surface area contributed by atoms with E-state index in [0.29, 0.717) is 18.5 Å². The predicted octanol–water partition coefficient (Wildman–Crippen LogP) is 4.96. The molecular formula is C22H23Cl2F2N3O3S. The van der Waals surface area contributed by atoms with Gasteiger partial charge in [-0.25, -0.2) is 17.2 Å². The molecule has 1 aliphatic carbocycles. The van der Waals surface area contributed by atoms with Gasteiger partial charge in [-0.3, -0.25) is 9.78 Å². The molecule has 2 aromatic rings. The van der Waals surface area contributed by atoms with Crippen molar-refractivity contribution in [3.8, 4) is 0 Å². The first-order valence-electron chi connectivity index (χ1n) is 10.5. The molecule has 0 radical (unpaired) electrons. The minimum Gasteiger partial charge on any atom is -0.317 e. The molecule has 1 aromatic carbocycles. The first kappa shape index (κ1) is 24.3. The number of alkyl halides is 2. The fraction of sp³-hybridized carbons (Fsp3) is 0.455. The van der Waals surface area contributed by atoms with Gasteiger partial charge in [-0.05, 0) is 49.6 Å². The molecule has 178 valence electrons. The summed E-state index contributed by atoms with van der Waals surface area (Å²) in [5, 5.41) is 0.281. The Balaban J connectivity index is 1.84. The second-order valence-corrected chi connectivity index (χ2v) is 11.1. The van der Waals surface area contributed by atoms with Gasteiger partial charge in [-0.2, -0.15) is 4.31 Å². The molecule has 1 aromatic heterocycles. The van der Waals surface area contributed by atoms with Gasteiger partial charge >= 0.3 is 0 Å². The van der Waals surface area contributed by atoms with E-state index in [1.807, 2.05) is 0 Å². The Bertz CT molecular complexity index is 1130. The lowest BCUT2D eigenvalue weighted by atomic mass is 9.64. The molecule has 2 bridgehead atoms. The number of benzene rings is 1. The Hall–Kier alpha value is -1.81. The van der Waals surface area contributed by atoms with E-state index in [2.05, 4.69) is 4.98 Å². The van der Waals surface area contributed by atoms with E-state index in [-0.39, 0.29) is 27.9 Å². The summed E-state index contributed by atoms with van der Waals surface area (Å²) in [6.45, 7) is 1.32. The number of halogens is 4. The van der Waals surface area contributed by atoms with E-state index >= 15 is 0 Å². The third-order valence-corrected chi connectivity index (χ3v) is 8.88. The number of fused-ring (bicyclic) bond motifs is 2. The second kappa shape index (κ2) is 9.09. The van der Waals surface area contributed by atoms with Crippen molar-refractivity contribution in [2.24, 2.45) is 5.92 Å². The highest BCUT2D eigenvalue weighted by atomic mass is 35.5. The van der Waals surface area contributed by atoms with Crippen LogP contribution >= 0.6 is 23.2 Å². The van der Waals surface area contributed by atoms with E-state index in [4.69, 9.17) is 23.2 Å². The molecule has 0 N–H and O–H groups in total. The molecule has 1 amide bonds. The van der Waals surface area contributed by atoms with E-state index in [1.165, 1.54) is 34.3 Å². The summed E-state index contributed by atoms with van der Waals surface area (Å²) in [7, 11) is -4.20. The highest BCUT2D eigenvalue weighted by Crippen LogP contribution is 2.58. The highest BCUT2D eigenvalue weighted by molar-refractivity contribution is 7.89. The summed E-state index contributed by atoms with van der Waals surface area (Å²) in [4.78, 5) is 18.4. The van der Waals surface area contributed by atoms with Crippen molar-refractivity contribution >= 4 is 39.1 Å². The molecule has 1 aliphatic heterocycles. The van der Waals surface area contributed by atoms with Crippen LogP contribution in [0.1, 0.15) is 38.3 Å². The van der Waals surface area contributed by atoms with Gasteiger partial charge in [0.25, 0.3) is 0 Å². The number of nitrogens with zero attached hydrogens (tertiary/aromatic N) is 3. The van der Waals surface area contributed by atoms with Crippen molar-refractivity contribution in [2.45, 2.75) is 62.2 Å². The Labute approximate surface area is 201 Å². The average molecular weight is 518 g/mol. The van der Waals surface area contributed by atoms with Gasteiger partial charge in [0.1, 0.15) is 5.66 Å². The molecule has 2 unspecified atom stereocenters. The summed E-state index contributed by atoms with van der Waals surface area (Å²) >= 11 is 12.1. The largest absolute Gasteiger partial charge is 0.317 e. The summed E-state index contributed by atoms with van der Waals surface area (Å²) in [6, 6.07) is 8.51. The molecule has 3 atom stereocenters. The van der Waals surface area contributed by atoms with Gasteiger partial charge in [0.05, 0.1) is 17.1 Å². The normalized spacial score (nSPS) is 25.0. The zero-order valence-electron chi connectivity index (χ0n) is 17.8. The Kier molecular flexibility index (Phi) is 6.70. The number of sulfonamides is 1. The van der Waals surface area contributed by atoms with Crippen LogP contribution in [-0.4, -0.2) is 46.6 Å². The topological polar surface area (TPSA) is 70.6 Å². The molecule has 2 aliphatic rings. The van der Waals surface area contributed by atoms with Crippen LogP contribution in [0, 0.1) is 5.92 Å². The number of hydrogen-bond donors (Lipinski definition) is 0. The minimum absolute atomic E-state index is 0.00491. The van der Waals surface area contributed by atoms with Crippen LogP contribution in [0.25, 0.3) is 0 Å². The summed E-state index contributed by atoms with van der Waals surface area (Å²) in [6.07, 6.45) is -0.279. The third kappa shape index (κ3) is 4.24. The molecule has 11 heteroatoms. The SMILES string of the molecule is CC(=O)N(Cc1ccccn1)C12CCCC([C@H]1CC(F)F)N2S(=O)(=O)c1cc(Cl)cc(Cl)c1. The van der Waals surface area contributed by atoms with E-state index in [0.717, 1.165) is 0 Å². The lowest BCUT2D eigenvalue weighted by molar-refractivity contribution is -0.219. The molecule has 2 fully saturated rings. The van der Waals surface area contributed by atoms with E-state index < -0.39 is 46.4 Å². The van der Waals surface area contributed by atoms with Crippen LogP contribution < -0.4 is 0 Å². The van der Waals surface area contributed by atoms with Gasteiger partial charge in [0.15, 0.2) is 0 Å². The molecule has 1 saturated heterocycles. The van der Waals surface area contributed by atoms with E-state index in [9.17, 15) is 22.0 Å². The van der Waals surface area contributed by atoms with Crippen LogP contribution in [0.4, 0.5) is 8.78 Å². The minimum atomic E-state index is -4.20. The summed E-state index contributed by atoms with van der Waals surface area (Å²) in [5.41, 5.74) is -0.883. The van der Waals surface area contributed by atoms with Crippen molar-refractivity contribution in [1.82, 2.24) is 14.2 Å². The number of hydrogen-bond acceptors (Lipinski definition) is 4. The summed E-state index contributed by atoms with van der Waals surface area (Å²) < 4.78 is 56.1. The van der Waals surface area contributed by atoms with Gasteiger partial charge in [0.2, 0.25) is 22.4 Å². The quantitative estimate of drug-likeness (QED) is 0.520. The lowest BCUT2D eigenvalue weighted by Crippen LogP contribution is -2.82. The number of piperidine rings is 1. The molecular weight excluding hydrogens is 495 g/mol. The smallest absolute Gasteiger partial charge is 0.245 e. The predicted molar refractivity (Wildman–Crippen MR) is 120 cm³/mol. The van der Waals surface area contributed by atoms with Crippen molar-refractivity contribution < 1.29 is 22.0 Å². The maximum atomic E-state index is 13.8. The van der Waals surface area contributed by atoms with Crippen LogP contribution in [0.5, 0.6) is 0 Å². The maximum Gasteiger partial charge on any atom is 0.245 e. The molecule has 4 rings (SSSR count). The molecule has 1 saturated carbocycles. The van der Waals surface area contributed by atoms with Gasteiger partial charge < -0.3 is 4.90 Å². The number of carbonyl (C=O) groups excluding carboxylic acids is 1.